The van der Waals surface area contributed by atoms with E-state index in [-0.39, 0.29) is 0 Å². The molecule has 3 nitrogen and oxygen atoms in total. The van der Waals surface area contributed by atoms with Crippen LogP contribution in [-0.2, 0) is 6.42 Å². The van der Waals surface area contributed by atoms with Crippen molar-refractivity contribution in [3.05, 3.63) is 53.7 Å². The van der Waals surface area contributed by atoms with Gasteiger partial charge in [-0.1, -0.05) is 30.3 Å². The minimum atomic E-state index is 0.835. The number of hydrogen-bond donors (Lipinski definition) is 1. The highest BCUT2D eigenvalue weighted by Gasteiger charge is 1.94. The van der Waals surface area contributed by atoms with Gasteiger partial charge in [-0.05, 0) is 31.0 Å². The fourth-order valence-electron chi connectivity index (χ4n) is 1.47. The molecule has 0 aliphatic heterocycles. The van der Waals surface area contributed by atoms with Gasteiger partial charge in [0, 0.05) is 6.54 Å². The SMILES string of the molecule is Cc1ccc(NCCc2ccccc2)nn1. The van der Waals surface area contributed by atoms with Crippen LogP contribution in [0.2, 0.25) is 0 Å². The highest BCUT2D eigenvalue weighted by atomic mass is 15.2. The first-order valence-electron chi connectivity index (χ1n) is 5.43. The molecule has 0 spiro atoms. The molecule has 1 aromatic heterocycles. The summed E-state index contributed by atoms with van der Waals surface area (Å²) in [5, 5.41) is 11.3. The molecule has 1 heterocycles. The standard InChI is InChI=1S/C13H15N3/c1-11-7-8-13(16-15-11)14-10-9-12-5-3-2-4-6-12/h2-8H,9-10H2,1H3,(H,14,16). The minimum Gasteiger partial charge on any atom is -0.368 e. The normalized spacial score (nSPS) is 10.1. The summed E-state index contributed by atoms with van der Waals surface area (Å²) in [4.78, 5) is 0. The van der Waals surface area contributed by atoms with Crippen LogP contribution in [0.15, 0.2) is 42.5 Å². The lowest BCUT2D eigenvalue weighted by Gasteiger charge is -2.04. The topological polar surface area (TPSA) is 37.8 Å². The summed E-state index contributed by atoms with van der Waals surface area (Å²) in [6.07, 6.45) is 0.996. The summed E-state index contributed by atoms with van der Waals surface area (Å²) in [7, 11) is 0. The fourth-order valence-corrected chi connectivity index (χ4v) is 1.47. The van der Waals surface area contributed by atoms with Gasteiger partial charge in [-0.15, -0.1) is 5.10 Å². The second kappa shape index (κ2) is 5.26. The first-order valence-corrected chi connectivity index (χ1v) is 5.43. The van der Waals surface area contributed by atoms with Crippen molar-refractivity contribution < 1.29 is 0 Å². The van der Waals surface area contributed by atoms with Crippen LogP contribution in [-0.4, -0.2) is 16.7 Å². The van der Waals surface area contributed by atoms with Gasteiger partial charge in [-0.3, -0.25) is 0 Å². The second-order valence-electron chi connectivity index (χ2n) is 3.72. The summed E-state index contributed by atoms with van der Waals surface area (Å²) in [5.41, 5.74) is 2.27. The highest BCUT2D eigenvalue weighted by Crippen LogP contribution is 2.03. The van der Waals surface area contributed by atoms with E-state index in [0.29, 0.717) is 0 Å². The Hall–Kier alpha value is -1.90. The molecule has 16 heavy (non-hydrogen) atoms. The van der Waals surface area contributed by atoms with Gasteiger partial charge in [0.2, 0.25) is 0 Å². The molecule has 2 rings (SSSR count). The molecule has 0 atom stereocenters. The summed E-state index contributed by atoms with van der Waals surface area (Å²) >= 11 is 0. The van der Waals surface area contributed by atoms with E-state index in [4.69, 9.17) is 0 Å². The van der Waals surface area contributed by atoms with Gasteiger partial charge in [0.15, 0.2) is 0 Å². The molecule has 0 aliphatic rings. The Morgan fingerprint density at radius 3 is 2.50 bits per heavy atom. The van der Waals surface area contributed by atoms with Crippen LogP contribution >= 0.6 is 0 Å². The lowest BCUT2D eigenvalue weighted by Crippen LogP contribution is -2.06. The smallest absolute Gasteiger partial charge is 0.148 e. The van der Waals surface area contributed by atoms with E-state index in [1.165, 1.54) is 5.56 Å². The van der Waals surface area contributed by atoms with E-state index in [2.05, 4.69) is 39.8 Å². The van der Waals surface area contributed by atoms with Crippen molar-refractivity contribution in [2.45, 2.75) is 13.3 Å². The Labute approximate surface area is 95.5 Å². The number of anilines is 1. The Kier molecular flexibility index (Phi) is 3.49. The van der Waals surface area contributed by atoms with Crippen LogP contribution in [0.4, 0.5) is 5.82 Å². The number of nitrogens with one attached hydrogen (secondary N) is 1. The minimum absolute atomic E-state index is 0.835. The lowest BCUT2D eigenvalue weighted by atomic mass is 10.1. The first-order chi connectivity index (χ1) is 7.84. The average Bonchev–Trinajstić information content (AvgIpc) is 2.33. The summed E-state index contributed by atoms with van der Waals surface area (Å²) in [6.45, 7) is 2.81. The van der Waals surface area contributed by atoms with E-state index in [1.807, 2.05) is 25.1 Å². The maximum atomic E-state index is 4.05. The summed E-state index contributed by atoms with van der Waals surface area (Å²) < 4.78 is 0. The number of aromatic nitrogens is 2. The van der Waals surface area contributed by atoms with Gasteiger partial charge in [0.25, 0.3) is 0 Å². The van der Waals surface area contributed by atoms with Gasteiger partial charge >= 0.3 is 0 Å². The Morgan fingerprint density at radius 1 is 1.00 bits per heavy atom. The summed E-state index contributed by atoms with van der Waals surface area (Å²) in [6, 6.07) is 14.3. The van der Waals surface area contributed by atoms with Crippen molar-refractivity contribution in [3.8, 4) is 0 Å². The molecule has 82 valence electrons. The Balaban J connectivity index is 1.82. The van der Waals surface area contributed by atoms with E-state index in [1.54, 1.807) is 0 Å². The molecule has 3 heteroatoms. The second-order valence-corrected chi connectivity index (χ2v) is 3.72. The van der Waals surface area contributed by atoms with E-state index in [9.17, 15) is 0 Å². The van der Waals surface area contributed by atoms with Crippen molar-refractivity contribution in [2.75, 3.05) is 11.9 Å². The van der Waals surface area contributed by atoms with E-state index in [0.717, 1.165) is 24.5 Å². The number of rotatable bonds is 4. The summed E-state index contributed by atoms with van der Waals surface area (Å²) in [5.74, 6) is 0.835. The molecule has 0 aliphatic carbocycles. The number of aryl methyl sites for hydroxylation is 1. The number of hydrogen-bond acceptors (Lipinski definition) is 3. The van der Waals surface area contributed by atoms with Crippen LogP contribution in [0, 0.1) is 6.92 Å². The van der Waals surface area contributed by atoms with Gasteiger partial charge < -0.3 is 5.32 Å². The third-order valence-corrected chi connectivity index (χ3v) is 2.36. The zero-order chi connectivity index (χ0) is 11.2. The monoisotopic (exact) mass is 213 g/mol. The molecular weight excluding hydrogens is 198 g/mol. The van der Waals surface area contributed by atoms with E-state index >= 15 is 0 Å². The third-order valence-electron chi connectivity index (χ3n) is 2.36. The zero-order valence-electron chi connectivity index (χ0n) is 9.35. The molecule has 1 N–H and O–H groups in total. The van der Waals surface area contributed by atoms with Crippen molar-refractivity contribution in [3.63, 3.8) is 0 Å². The van der Waals surface area contributed by atoms with E-state index < -0.39 is 0 Å². The van der Waals surface area contributed by atoms with Crippen molar-refractivity contribution in [1.29, 1.82) is 0 Å². The van der Waals surface area contributed by atoms with Gasteiger partial charge in [0.1, 0.15) is 5.82 Å². The van der Waals surface area contributed by atoms with Gasteiger partial charge in [0.05, 0.1) is 5.69 Å². The van der Waals surface area contributed by atoms with Crippen LogP contribution in [0.25, 0.3) is 0 Å². The predicted octanol–water partition coefficient (Wildman–Crippen LogP) is 2.44. The lowest BCUT2D eigenvalue weighted by molar-refractivity contribution is 0.945. The number of benzene rings is 1. The molecule has 0 saturated heterocycles. The third kappa shape index (κ3) is 3.05. The van der Waals surface area contributed by atoms with Gasteiger partial charge in [-0.25, -0.2) is 0 Å². The molecule has 2 aromatic rings. The molecular formula is C13H15N3. The van der Waals surface area contributed by atoms with Crippen molar-refractivity contribution >= 4 is 5.82 Å². The first kappa shape index (κ1) is 10.6. The van der Waals surface area contributed by atoms with Crippen LogP contribution < -0.4 is 5.32 Å². The van der Waals surface area contributed by atoms with Gasteiger partial charge in [-0.2, -0.15) is 5.10 Å². The largest absolute Gasteiger partial charge is 0.368 e. The average molecular weight is 213 g/mol. The van der Waals surface area contributed by atoms with Crippen LogP contribution in [0.1, 0.15) is 11.3 Å². The Bertz CT molecular complexity index is 423. The molecule has 0 saturated carbocycles. The molecule has 0 unspecified atom stereocenters. The molecule has 0 bridgehead atoms. The predicted molar refractivity (Wildman–Crippen MR) is 65.4 cm³/mol. The van der Waals surface area contributed by atoms with Crippen molar-refractivity contribution in [1.82, 2.24) is 10.2 Å². The zero-order valence-corrected chi connectivity index (χ0v) is 9.35. The van der Waals surface area contributed by atoms with Crippen molar-refractivity contribution in [2.24, 2.45) is 0 Å². The molecule has 1 aromatic carbocycles. The maximum absolute atomic E-state index is 4.05. The molecule has 0 amide bonds. The number of nitrogens with zero attached hydrogens (tertiary/aromatic N) is 2. The maximum Gasteiger partial charge on any atom is 0.148 e. The van der Waals surface area contributed by atoms with Crippen LogP contribution in [0.3, 0.4) is 0 Å². The Morgan fingerprint density at radius 2 is 1.81 bits per heavy atom. The molecule has 0 fully saturated rings. The molecule has 0 radical (unpaired) electrons. The van der Waals surface area contributed by atoms with Crippen LogP contribution in [0.5, 0.6) is 0 Å². The highest BCUT2D eigenvalue weighted by molar-refractivity contribution is 5.33. The fraction of sp³-hybridized carbons (Fsp3) is 0.231. The quantitative estimate of drug-likeness (QED) is 0.847.